The number of hydrogen-bond donors (Lipinski definition) is 0. The second kappa shape index (κ2) is 9.87. The van der Waals surface area contributed by atoms with Crippen molar-refractivity contribution in [1.82, 2.24) is 20.0 Å². The van der Waals surface area contributed by atoms with Crippen LogP contribution >= 0.6 is 0 Å². The number of aromatic nitrogens is 3. The lowest BCUT2D eigenvalue weighted by atomic mass is 10.0. The van der Waals surface area contributed by atoms with E-state index < -0.39 is 24.5 Å². The first-order chi connectivity index (χ1) is 17.5. The molecule has 0 radical (unpaired) electrons. The van der Waals surface area contributed by atoms with Crippen molar-refractivity contribution < 1.29 is 23.5 Å². The summed E-state index contributed by atoms with van der Waals surface area (Å²) in [5.41, 5.74) is 2.70. The fourth-order valence-electron chi connectivity index (χ4n) is 3.91. The molecule has 1 aliphatic heterocycles. The van der Waals surface area contributed by atoms with Crippen molar-refractivity contribution in [2.45, 2.75) is 19.4 Å². The minimum atomic E-state index is -0.740. The summed E-state index contributed by atoms with van der Waals surface area (Å²) in [6, 6.07) is 19.7. The van der Waals surface area contributed by atoms with Gasteiger partial charge in [0.1, 0.15) is 17.6 Å². The Morgan fingerprint density at radius 3 is 2.50 bits per heavy atom. The van der Waals surface area contributed by atoms with Crippen molar-refractivity contribution in [3.63, 3.8) is 0 Å². The normalized spacial score (nSPS) is 15.0. The monoisotopic (exact) mass is 485 g/mol. The van der Waals surface area contributed by atoms with Crippen molar-refractivity contribution in [3.05, 3.63) is 95.7 Å². The van der Waals surface area contributed by atoms with E-state index in [1.807, 2.05) is 54.6 Å². The predicted octanol–water partition coefficient (Wildman–Crippen LogP) is 3.71. The summed E-state index contributed by atoms with van der Waals surface area (Å²) in [4.78, 5) is 27.2. The van der Waals surface area contributed by atoms with Crippen LogP contribution in [-0.4, -0.2) is 51.3 Å². The summed E-state index contributed by atoms with van der Waals surface area (Å²) in [5.74, 6) is 0.0837. The summed E-state index contributed by atoms with van der Waals surface area (Å²) in [6.07, 6.45) is 1.99. The molecule has 2 aromatic carbocycles. The van der Waals surface area contributed by atoms with E-state index in [9.17, 15) is 9.59 Å². The van der Waals surface area contributed by atoms with Crippen LogP contribution in [0.25, 0.3) is 5.69 Å². The van der Waals surface area contributed by atoms with E-state index in [-0.39, 0.29) is 5.69 Å². The molecule has 3 heterocycles. The van der Waals surface area contributed by atoms with Gasteiger partial charge >= 0.3 is 5.97 Å². The molecule has 0 saturated heterocycles. The Balaban J connectivity index is 1.31. The van der Waals surface area contributed by atoms with E-state index >= 15 is 0 Å². The van der Waals surface area contributed by atoms with Gasteiger partial charge in [0.15, 0.2) is 12.3 Å². The van der Waals surface area contributed by atoms with Gasteiger partial charge in [-0.2, -0.15) is 15.0 Å². The first kappa shape index (κ1) is 23.0. The maximum absolute atomic E-state index is 13.1. The number of aryl methyl sites for hydroxylation is 1. The molecule has 0 bridgehead atoms. The highest BCUT2D eigenvalue weighted by molar-refractivity contribution is 6.03. The molecule has 4 aromatic rings. The van der Waals surface area contributed by atoms with Crippen LogP contribution < -0.4 is 4.74 Å². The van der Waals surface area contributed by atoms with Gasteiger partial charge in [0.25, 0.3) is 5.91 Å². The Kier molecular flexibility index (Phi) is 6.31. The molecule has 0 fully saturated rings. The summed E-state index contributed by atoms with van der Waals surface area (Å²) in [6.45, 7) is 1.15. The second-order valence-electron chi connectivity index (χ2n) is 8.08. The average molecular weight is 486 g/mol. The topological polar surface area (TPSA) is 112 Å². The largest absolute Gasteiger partial charge is 0.497 e. The van der Waals surface area contributed by atoms with Crippen LogP contribution in [-0.2, 0) is 9.53 Å². The zero-order valence-corrected chi connectivity index (χ0v) is 19.7. The van der Waals surface area contributed by atoms with Crippen molar-refractivity contribution in [1.29, 1.82) is 0 Å². The summed E-state index contributed by atoms with van der Waals surface area (Å²) in [5, 5.41) is 14.3. The van der Waals surface area contributed by atoms with Gasteiger partial charge in [0, 0.05) is 6.42 Å². The lowest BCUT2D eigenvalue weighted by Gasteiger charge is -2.19. The third-order valence-electron chi connectivity index (χ3n) is 5.75. The third kappa shape index (κ3) is 4.61. The fraction of sp³-hybridized carbons (Fsp3) is 0.192. The highest BCUT2D eigenvalue weighted by atomic mass is 16.5. The number of methoxy groups -OCH3 is 1. The average Bonchev–Trinajstić information content (AvgIpc) is 3.67. The number of ether oxygens (including phenoxy) is 2. The molecule has 10 heteroatoms. The fourth-order valence-corrected chi connectivity index (χ4v) is 3.91. The lowest BCUT2D eigenvalue weighted by Crippen LogP contribution is -2.31. The van der Waals surface area contributed by atoms with E-state index in [4.69, 9.17) is 13.9 Å². The number of rotatable bonds is 7. The molecule has 1 unspecified atom stereocenters. The Labute approximate surface area is 206 Å². The van der Waals surface area contributed by atoms with E-state index in [1.54, 1.807) is 32.4 Å². The summed E-state index contributed by atoms with van der Waals surface area (Å²) < 4.78 is 16.1. The van der Waals surface area contributed by atoms with Crippen LogP contribution in [0.3, 0.4) is 0 Å². The molecule has 1 aliphatic rings. The van der Waals surface area contributed by atoms with E-state index in [0.29, 0.717) is 29.3 Å². The van der Waals surface area contributed by atoms with Crippen molar-refractivity contribution >= 4 is 17.6 Å². The molecule has 1 atom stereocenters. The van der Waals surface area contributed by atoms with E-state index in [1.165, 1.54) is 9.81 Å². The molecule has 0 aliphatic carbocycles. The number of nitrogens with zero attached hydrogens (tertiary/aromatic N) is 5. The van der Waals surface area contributed by atoms with E-state index in [2.05, 4.69) is 15.3 Å². The molecular formula is C26H23N5O5. The number of furan rings is 1. The Morgan fingerprint density at radius 1 is 1.03 bits per heavy atom. The van der Waals surface area contributed by atoms with E-state index in [0.717, 1.165) is 11.3 Å². The number of esters is 1. The van der Waals surface area contributed by atoms with Gasteiger partial charge in [-0.15, -0.1) is 5.10 Å². The smallest absolute Gasteiger partial charge is 0.361 e. The Hall–Kier alpha value is -4.73. The first-order valence-electron chi connectivity index (χ1n) is 11.3. The molecule has 0 N–H and O–H groups in total. The molecule has 182 valence electrons. The number of amides is 1. The molecule has 0 spiro atoms. The van der Waals surface area contributed by atoms with Crippen LogP contribution in [0.15, 0.2) is 82.5 Å². The zero-order chi connectivity index (χ0) is 25.1. The quantitative estimate of drug-likeness (QED) is 0.367. The summed E-state index contributed by atoms with van der Waals surface area (Å²) in [7, 11) is 1.60. The molecule has 2 aromatic heterocycles. The third-order valence-corrected chi connectivity index (χ3v) is 5.75. The number of hydrazone groups is 1. The number of hydrogen-bond acceptors (Lipinski definition) is 8. The Morgan fingerprint density at radius 2 is 1.81 bits per heavy atom. The number of carbonyl (C=O) groups is 2. The van der Waals surface area contributed by atoms with Crippen molar-refractivity contribution in [3.8, 4) is 11.4 Å². The lowest BCUT2D eigenvalue weighted by molar-refractivity contribution is -0.136. The van der Waals surface area contributed by atoms with Crippen LogP contribution in [0.5, 0.6) is 5.75 Å². The van der Waals surface area contributed by atoms with Crippen LogP contribution in [0.1, 0.15) is 40.0 Å². The molecule has 36 heavy (non-hydrogen) atoms. The number of para-hydroxylation sites is 1. The second-order valence-corrected chi connectivity index (χ2v) is 8.08. The van der Waals surface area contributed by atoms with Crippen molar-refractivity contribution in [2.75, 3.05) is 13.7 Å². The minimum absolute atomic E-state index is 0.0399. The first-order valence-corrected chi connectivity index (χ1v) is 11.3. The standard InChI is InChI=1S/C26H23N5O5/c1-17-25(29-31(27-17)19-7-4-3-5-8-19)26(33)36-16-24(32)30-22(23-9-6-14-35-23)15-21(28-30)18-10-12-20(34-2)13-11-18/h3-14,22H,15-16H2,1-2H3. The van der Waals surface area contributed by atoms with Gasteiger partial charge in [-0.25, -0.2) is 9.80 Å². The van der Waals surface area contributed by atoms with Crippen LogP contribution in [0.2, 0.25) is 0 Å². The van der Waals surface area contributed by atoms with Gasteiger partial charge < -0.3 is 13.9 Å². The molecule has 5 rings (SSSR count). The highest BCUT2D eigenvalue weighted by Gasteiger charge is 2.35. The Bertz CT molecular complexity index is 1390. The summed E-state index contributed by atoms with van der Waals surface area (Å²) >= 11 is 0. The molecule has 1 amide bonds. The zero-order valence-electron chi connectivity index (χ0n) is 19.7. The van der Waals surface area contributed by atoms with Gasteiger partial charge in [0.2, 0.25) is 0 Å². The van der Waals surface area contributed by atoms with Gasteiger partial charge in [-0.1, -0.05) is 18.2 Å². The maximum Gasteiger partial charge on any atom is 0.361 e. The number of benzene rings is 2. The van der Waals surface area contributed by atoms with Gasteiger partial charge in [-0.3, -0.25) is 4.79 Å². The number of carbonyl (C=O) groups excluding carboxylic acids is 2. The molecule has 10 nitrogen and oxygen atoms in total. The van der Waals surface area contributed by atoms with Gasteiger partial charge in [-0.05, 0) is 61.0 Å². The maximum atomic E-state index is 13.1. The minimum Gasteiger partial charge on any atom is -0.497 e. The molecular weight excluding hydrogens is 462 g/mol. The van der Waals surface area contributed by atoms with Crippen molar-refractivity contribution in [2.24, 2.45) is 5.10 Å². The highest BCUT2D eigenvalue weighted by Crippen LogP contribution is 2.33. The molecule has 0 saturated carbocycles. The van der Waals surface area contributed by atoms with Crippen LogP contribution in [0.4, 0.5) is 0 Å². The van der Waals surface area contributed by atoms with Crippen LogP contribution in [0, 0.1) is 6.92 Å². The SMILES string of the molecule is COc1ccc(C2=NN(C(=O)COC(=O)c3nn(-c4ccccc4)nc3C)C(c3ccco3)C2)cc1. The van der Waals surface area contributed by atoms with Gasteiger partial charge in [0.05, 0.1) is 30.5 Å². The predicted molar refractivity (Wildman–Crippen MR) is 129 cm³/mol.